The van der Waals surface area contributed by atoms with Crippen LogP contribution in [0.25, 0.3) is 16.9 Å². The van der Waals surface area contributed by atoms with Gasteiger partial charge in [0, 0.05) is 18.2 Å². The third-order valence-electron chi connectivity index (χ3n) is 6.12. The maximum atomic E-state index is 12.4. The maximum Gasteiger partial charge on any atom is 0.264 e. The van der Waals surface area contributed by atoms with Crippen molar-refractivity contribution in [2.24, 2.45) is 0 Å². The summed E-state index contributed by atoms with van der Waals surface area (Å²) >= 11 is 0. The van der Waals surface area contributed by atoms with E-state index < -0.39 is 15.9 Å². The Morgan fingerprint density at radius 3 is 2.31 bits per heavy atom. The number of benzene rings is 2. The minimum absolute atomic E-state index is 0.0938. The van der Waals surface area contributed by atoms with E-state index in [0.717, 1.165) is 45.7 Å². The summed E-state index contributed by atoms with van der Waals surface area (Å²) < 4.78 is 29.1. The Morgan fingerprint density at radius 1 is 0.971 bits per heavy atom. The number of sulfonamides is 1. The fourth-order valence-electron chi connectivity index (χ4n) is 4.34. The Hall–Kier alpha value is -3.45. The van der Waals surface area contributed by atoms with Crippen molar-refractivity contribution in [3.63, 3.8) is 0 Å². The zero-order valence-corrected chi connectivity index (χ0v) is 21.4. The molecule has 2 heterocycles. The highest BCUT2D eigenvalue weighted by atomic mass is 32.2. The maximum absolute atomic E-state index is 12.4. The van der Waals surface area contributed by atoms with Gasteiger partial charge in [-0.2, -0.15) is 0 Å². The summed E-state index contributed by atoms with van der Waals surface area (Å²) in [4.78, 5) is 17.2. The van der Waals surface area contributed by atoms with E-state index >= 15 is 0 Å². The minimum atomic E-state index is -3.84. The molecule has 0 aliphatic heterocycles. The molecule has 0 atom stereocenters. The molecule has 1 N–H and O–H groups in total. The fraction of sp³-hybridized carbons (Fsp3) is 0.286. The zero-order valence-electron chi connectivity index (χ0n) is 20.6. The van der Waals surface area contributed by atoms with Crippen molar-refractivity contribution < 1.29 is 13.2 Å². The summed E-state index contributed by atoms with van der Waals surface area (Å²) in [5, 5.41) is 0. The molecule has 0 bridgehead atoms. The molecular weight excluding hydrogens is 458 g/mol. The van der Waals surface area contributed by atoms with Gasteiger partial charge in [-0.3, -0.25) is 9.20 Å². The molecule has 4 aromatic rings. The topological polar surface area (TPSA) is 80.5 Å². The molecule has 0 fully saturated rings. The second-order valence-electron chi connectivity index (χ2n) is 9.05. The first-order chi connectivity index (χ1) is 16.7. The number of amides is 1. The minimum Gasteiger partial charge on any atom is -0.299 e. The summed E-state index contributed by atoms with van der Waals surface area (Å²) in [6, 6.07) is 16.9. The van der Waals surface area contributed by atoms with Crippen LogP contribution in [0.2, 0.25) is 0 Å². The lowest BCUT2D eigenvalue weighted by Crippen LogP contribution is -2.30. The molecular formula is C28H31N3O3S. The molecule has 0 saturated heterocycles. The van der Waals surface area contributed by atoms with E-state index in [1.807, 2.05) is 6.92 Å². The van der Waals surface area contributed by atoms with Crippen molar-refractivity contribution in [2.45, 2.75) is 58.3 Å². The first-order valence-electron chi connectivity index (χ1n) is 11.9. The van der Waals surface area contributed by atoms with Crippen LogP contribution < -0.4 is 4.72 Å². The summed E-state index contributed by atoms with van der Waals surface area (Å²) in [6.45, 7) is 8.17. The molecule has 0 spiro atoms. The number of hydrogen-bond donors (Lipinski definition) is 1. The van der Waals surface area contributed by atoms with Crippen LogP contribution in [0.3, 0.4) is 0 Å². The monoisotopic (exact) mass is 489 g/mol. The fourth-order valence-corrected chi connectivity index (χ4v) is 5.36. The van der Waals surface area contributed by atoms with E-state index in [2.05, 4.69) is 66.4 Å². The molecule has 0 unspecified atom stereocenters. The normalized spacial score (nSPS) is 11.7. The Balaban J connectivity index is 1.41. The van der Waals surface area contributed by atoms with E-state index in [1.165, 1.54) is 17.7 Å². The Morgan fingerprint density at radius 2 is 1.66 bits per heavy atom. The highest BCUT2D eigenvalue weighted by Crippen LogP contribution is 2.28. The molecule has 2 aromatic heterocycles. The predicted molar refractivity (Wildman–Crippen MR) is 139 cm³/mol. The molecule has 0 aliphatic rings. The third-order valence-corrected chi connectivity index (χ3v) is 7.51. The highest BCUT2D eigenvalue weighted by Gasteiger charge is 2.17. The van der Waals surface area contributed by atoms with Gasteiger partial charge in [-0.1, -0.05) is 55.0 Å². The van der Waals surface area contributed by atoms with Crippen LogP contribution in [0.1, 0.15) is 47.7 Å². The molecule has 35 heavy (non-hydrogen) atoms. The number of carbonyl (C=O) groups is 1. The second-order valence-corrected chi connectivity index (χ2v) is 10.7. The summed E-state index contributed by atoms with van der Waals surface area (Å²) in [6.07, 6.45) is 4.35. The van der Waals surface area contributed by atoms with Gasteiger partial charge in [-0.25, -0.2) is 18.1 Å². The van der Waals surface area contributed by atoms with Crippen molar-refractivity contribution >= 4 is 21.6 Å². The molecule has 7 heteroatoms. The number of pyridine rings is 1. The smallest absolute Gasteiger partial charge is 0.264 e. The van der Waals surface area contributed by atoms with Gasteiger partial charge in [-0.15, -0.1) is 0 Å². The second kappa shape index (κ2) is 10.0. The van der Waals surface area contributed by atoms with Gasteiger partial charge in [0.1, 0.15) is 5.65 Å². The number of hydrogen-bond acceptors (Lipinski definition) is 4. The van der Waals surface area contributed by atoms with E-state index in [1.54, 1.807) is 12.1 Å². The number of aryl methyl sites for hydroxylation is 5. The van der Waals surface area contributed by atoms with Gasteiger partial charge >= 0.3 is 0 Å². The van der Waals surface area contributed by atoms with E-state index in [9.17, 15) is 13.2 Å². The van der Waals surface area contributed by atoms with Crippen LogP contribution in [0.4, 0.5) is 0 Å². The van der Waals surface area contributed by atoms with Crippen LogP contribution in [0.15, 0.2) is 65.7 Å². The Labute approximate surface area is 207 Å². The van der Waals surface area contributed by atoms with Crippen LogP contribution in [-0.2, 0) is 27.7 Å². The SMILES string of the molecule is CCc1nc2c(C)cc(C)cn2c1-c1ccc(CCCC(=O)NS(=O)(=O)c2ccc(C)cc2)cc1. The van der Waals surface area contributed by atoms with Crippen molar-refractivity contribution in [2.75, 3.05) is 0 Å². The van der Waals surface area contributed by atoms with Gasteiger partial charge in [0.05, 0.1) is 16.3 Å². The number of nitrogens with one attached hydrogen (secondary N) is 1. The average molecular weight is 490 g/mol. The van der Waals surface area contributed by atoms with Crippen molar-refractivity contribution in [3.8, 4) is 11.3 Å². The van der Waals surface area contributed by atoms with E-state index in [0.29, 0.717) is 12.8 Å². The van der Waals surface area contributed by atoms with E-state index in [-0.39, 0.29) is 11.3 Å². The lowest BCUT2D eigenvalue weighted by atomic mass is 10.0. The van der Waals surface area contributed by atoms with Gasteiger partial charge in [0.25, 0.3) is 10.0 Å². The number of carbonyl (C=O) groups excluding carboxylic acids is 1. The first kappa shape index (κ1) is 24.7. The quantitative estimate of drug-likeness (QED) is 0.363. The molecule has 6 nitrogen and oxygen atoms in total. The molecule has 0 saturated carbocycles. The molecule has 0 radical (unpaired) electrons. The van der Waals surface area contributed by atoms with Gasteiger partial charge in [0.2, 0.25) is 5.91 Å². The lowest BCUT2D eigenvalue weighted by molar-refractivity contribution is -0.119. The van der Waals surface area contributed by atoms with Crippen molar-refractivity contribution in [3.05, 3.63) is 88.7 Å². The number of imidazole rings is 1. The molecule has 2 aromatic carbocycles. The average Bonchev–Trinajstić information content (AvgIpc) is 3.18. The number of nitrogens with zero attached hydrogens (tertiary/aromatic N) is 2. The summed E-state index contributed by atoms with van der Waals surface area (Å²) in [5.41, 5.74) is 8.67. The lowest BCUT2D eigenvalue weighted by Gasteiger charge is -2.09. The molecule has 0 aliphatic carbocycles. The number of fused-ring (bicyclic) bond motifs is 1. The first-order valence-corrected chi connectivity index (χ1v) is 13.4. The molecule has 1 amide bonds. The largest absolute Gasteiger partial charge is 0.299 e. The highest BCUT2D eigenvalue weighted by molar-refractivity contribution is 7.90. The van der Waals surface area contributed by atoms with Crippen LogP contribution in [0, 0.1) is 20.8 Å². The van der Waals surface area contributed by atoms with Gasteiger partial charge in [0.15, 0.2) is 0 Å². The third kappa shape index (κ3) is 5.46. The van der Waals surface area contributed by atoms with E-state index in [4.69, 9.17) is 4.98 Å². The van der Waals surface area contributed by atoms with Crippen molar-refractivity contribution in [1.82, 2.24) is 14.1 Å². The number of aromatic nitrogens is 2. The van der Waals surface area contributed by atoms with Crippen LogP contribution in [-0.4, -0.2) is 23.7 Å². The zero-order chi connectivity index (χ0) is 25.2. The van der Waals surface area contributed by atoms with Crippen LogP contribution >= 0.6 is 0 Å². The molecule has 182 valence electrons. The Kier molecular flexibility index (Phi) is 7.08. The predicted octanol–water partition coefficient (Wildman–Crippen LogP) is 5.32. The van der Waals surface area contributed by atoms with Gasteiger partial charge < -0.3 is 0 Å². The number of rotatable bonds is 8. The standard InChI is InChI=1S/C28H31N3O3S/c1-5-25-27(31-18-20(3)17-21(4)28(31)29-25)23-13-11-22(12-14-23)7-6-8-26(32)30-35(33,34)24-15-9-19(2)10-16-24/h9-18H,5-8H2,1-4H3,(H,30,32). The Bertz CT molecular complexity index is 1470. The van der Waals surface area contributed by atoms with Crippen molar-refractivity contribution in [1.29, 1.82) is 0 Å². The molecule has 4 rings (SSSR count). The van der Waals surface area contributed by atoms with Gasteiger partial charge in [-0.05, 0) is 68.9 Å². The summed E-state index contributed by atoms with van der Waals surface area (Å²) in [5.74, 6) is -0.494. The summed E-state index contributed by atoms with van der Waals surface area (Å²) in [7, 11) is -3.84. The van der Waals surface area contributed by atoms with Crippen LogP contribution in [0.5, 0.6) is 0 Å².